The minimum Gasteiger partial charge on any atom is -0.339 e. The van der Waals surface area contributed by atoms with Crippen LogP contribution in [-0.4, -0.2) is 27.7 Å². The average molecular weight is 339 g/mol. The van der Waals surface area contributed by atoms with E-state index in [9.17, 15) is 0 Å². The lowest BCUT2D eigenvalue weighted by Crippen LogP contribution is -2.31. The van der Waals surface area contributed by atoms with Gasteiger partial charge >= 0.3 is 0 Å². The first-order valence-electron chi connectivity index (χ1n) is 6.90. The molecule has 2 heterocycles. The second kappa shape index (κ2) is 7.50. The molecule has 0 fully saturated rings. The molecule has 108 valence electrons. The maximum Gasteiger partial charge on any atom is 0.228 e. The van der Waals surface area contributed by atoms with Gasteiger partial charge in [-0.15, -0.1) is 0 Å². The molecule has 5 nitrogen and oxygen atoms in total. The van der Waals surface area contributed by atoms with E-state index >= 15 is 0 Å². The van der Waals surface area contributed by atoms with Gasteiger partial charge in [0.25, 0.3) is 0 Å². The van der Waals surface area contributed by atoms with Crippen molar-refractivity contribution in [3.05, 3.63) is 28.7 Å². The van der Waals surface area contributed by atoms with Crippen LogP contribution < -0.4 is 5.32 Å². The molecule has 2 aromatic rings. The molecule has 0 bridgehead atoms. The minimum absolute atomic E-state index is 0.376. The maximum atomic E-state index is 5.31. The summed E-state index contributed by atoms with van der Waals surface area (Å²) < 4.78 is 6.24. The zero-order chi connectivity index (χ0) is 14.4. The van der Waals surface area contributed by atoms with Crippen molar-refractivity contribution in [2.24, 2.45) is 0 Å². The largest absolute Gasteiger partial charge is 0.339 e. The molecule has 20 heavy (non-hydrogen) atoms. The molecule has 6 heteroatoms. The first-order chi connectivity index (χ1) is 9.72. The Kier molecular flexibility index (Phi) is 5.67. The van der Waals surface area contributed by atoms with Gasteiger partial charge in [-0.05, 0) is 47.4 Å². The van der Waals surface area contributed by atoms with Gasteiger partial charge in [0.15, 0.2) is 0 Å². The van der Waals surface area contributed by atoms with Crippen LogP contribution in [0.1, 0.15) is 32.6 Å². The van der Waals surface area contributed by atoms with Gasteiger partial charge in [-0.1, -0.05) is 19.0 Å². The van der Waals surface area contributed by atoms with Crippen LogP contribution in [0.3, 0.4) is 0 Å². The summed E-state index contributed by atoms with van der Waals surface area (Å²) in [4.78, 5) is 8.67. The van der Waals surface area contributed by atoms with Gasteiger partial charge < -0.3 is 9.84 Å². The summed E-state index contributed by atoms with van der Waals surface area (Å²) in [7, 11) is 0. The van der Waals surface area contributed by atoms with Crippen LogP contribution in [-0.2, 0) is 6.42 Å². The molecule has 0 saturated heterocycles. The number of hydrogen-bond acceptors (Lipinski definition) is 5. The number of hydrogen-bond donors (Lipinski definition) is 1. The third kappa shape index (κ3) is 4.11. The van der Waals surface area contributed by atoms with E-state index in [2.05, 4.69) is 50.2 Å². The molecular formula is C14H19BrN4O. The van der Waals surface area contributed by atoms with Crippen molar-refractivity contribution >= 4 is 15.9 Å². The Labute approximate surface area is 127 Å². The lowest BCUT2D eigenvalue weighted by atomic mass is 10.1. The van der Waals surface area contributed by atoms with Crippen LogP contribution >= 0.6 is 15.9 Å². The molecule has 0 aromatic carbocycles. The van der Waals surface area contributed by atoms with Crippen molar-refractivity contribution in [2.45, 2.75) is 39.2 Å². The number of pyridine rings is 1. The summed E-state index contributed by atoms with van der Waals surface area (Å²) in [6, 6.07) is 4.16. The van der Waals surface area contributed by atoms with Crippen LogP contribution in [0.4, 0.5) is 0 Å². The molecule has 0 aliphatic carbocycles. The highest BCUT2D eigenvalue weighted by Crippen LogP contribution is 2.16. The molecular weight excluding hydrogens is 320 g/mol. The molecule has 0 saturated carbocycles. The second-order valence-corrected chi connectivity index (χ2v) is 5.55. The highest BCUT2D eigenvalue weighted by molar-refractivity contribution is 9.10. The zero-order valence-corrected chi connectivity index (χ0v) is 13.4. The Morgan fingerprint density at radius 2 is 2.20 bits per heavy atom. The number of nitrogens with one attached hydrogen (secondary N) is 1. The Balaban J connectivity index is 2.02. The quantitative estimate of drug-likeness (QED) is 0.839. The molecule has 0 spiro atoms. The van der Waals surface area contributed by atoms with Crippen molar-refractivity contribution in [1.29, 1.82) is 0 Å². The van der Waals surface area contributed by atoms with Crippen molar-refractivity contribution in [1.82, 2.24) is 20.4 Å². The monoisotopic (exact) mass is 338 g/mol. The third-order valence-corrected chi connectivity index (χ3v) is 3.49. The standard InChI is InChI=1S/C14H19BrN4O/c1-3-7-16-11(4-2)8-13-18-14(19-20-13)12-6-5-10(15)9-17-12/h5-6,9,11,16H,3-4,7-8H2,1-2H3. The van der Waals surface area contributed by atoms with Crippen LogP contribution in [0.2, 0.25) is 0 Å². The van der Waals surface area contributed by atoms with Gasteiger partial charge in [0, 0.05) is 23.1 Å². The summed E-state index contributed by atoms with van der Waals surface area (Å²) in [6.07, 6.45) is 4.63. The van der Waals surface area contributed by atoms with Crippen LogP contribution in [0.5, 0.6) is 0 Å². The molecule has 1 atom stereocenters. The van der Waals surface area contributed by atoms with Crippen molar-refractivity contribution in [2.75, 3.05) is 6.54 Å². The summed E-state index contributed by atoms with van der Waals surface area (Å²) in [5.41, 5.74) is 0.720. The number of aromatic nitrogens is 3. The fourth-order valence-electron chi connectivity index (χ4n) is 1.87. The number of rotatable bonds is 7. The molecule has 2 aromatic heterocycles. The summed E-state index contributed by atoms with van der Waals surface area (Å²) >= 11 is 3.35. The van der Waals surface area contributed by atoms with E-state index in [4.69, 9.17) is 4.52 Å². The van der Waals surface area contributed by atoms with Gasteiger partial charge in [-0.2, -0.15) is 4.98 Å². The Morgan fingerprint density at radius 3 is 2.85 bits per heavy atom. The zero-order valence-electron chi connectivity index (χ0n) is 11.8. The second-order valence-electron chi connectivity index (χ2n) is 4.64. The van der Waals surface area contributed by atoms with Crippen LogP contribution in [0.15, 0.2) is 27.3 Å². The van der Waals surface area contributed by atoms with Crippen LogP contribution in [0.25, 0.3) is 11.5 Å². The van der Waals surface area contributed by atoms with Crippen molar-refractivity contribution in [3.8, 4) is 11.5 Å². The molecule has 2 rings (SSSR count). The van der Waals surface area contributed by atoms with E-state index in [1.807, 2.05) is 12.1 Å². The molecule has 0 radical (unpaired) electrons. The average Bonchev–Trinajstić information content (AvgIpc) is 2.92. The lowest BCUT2D eigenvalue weighted by molar-refractivity contribution is 0.354. The first-order valence-corrected chi connectivity index (χ1v) is 7.70. The predicted octanol–water partition coefficient (Wildman–Crippen LogP) is 3.21. The van der Waals surface area contributed by atoms with Crippen molar-refractivity contribution < 1.29 is 4.52 Å². The number of nitrogens with zero attached hydrogens (tertiary/aromatic N) is 3. The van der Waals surface area contributed by atoms with Gasteiger partial charge in [-0.3, -0.25) is 4.98 Å². The maximum absolute atomic E-state index is 5.31. The molecule has 1 N–H and O–H groups in total. The normalized spacial score (nSPS) is 12.6. The first kappa shape index (κ1) is 15.1. The van der Waals surface area contributed by atoms with Gasteiger partial charge in [0.05, 0.1) is 0 Å². The van der Waals surface area contributed by atoms with E-state index in [0.29, 0.717) is 17.8 Å². The van der Waals surface area contributed by atoms with E-state index in [0.717, 1.165) is 36.0 Å². The Hall–Kier alpha value is -1.27. The summed E-state index contributed by atoms with van der Waals surface area (Å²) in [5, 5.41) is 7.47. The van der Waals surface area contributed by atoms with Gasteiger partial charge in [0.1, 0.15) is 5.69 Å². The molecule has 0 aliphatic rings. The van der Waals surface area contributed by atoms with E-state index < -0.39 is 0 Å². The van der Waals surface area contributed by atoms with Gasteiger partial charge in [0.2, 0.25) is 11.7 Å². The summed E-state index contributed by atoms with van der Waals surface area (Å²) in [6.45, 7) is 5.32. The third-order valence-electron chi connectivity index (χ3n) is 3.02. The Bertz CT molecular complexity index is 526. The highest BCUT2D eigenvalue weighted by atomic mass is 79.9. The predicted molar refractivity (Wildman–Crippen MR) is 81.3 cm³/mol. The topological polar surface area (TPSA) is 63.8 Å². The fraction of sp³-hybridized carbons (Fsp3) is 0.500. The molecule has 0 amide bonds. The van der Waals surface area contributed by atoms with E-state index in [-0.39, 0.29) is 0 Å². The van der Waals surface area contributed by atoms with Crippen LogP contribution in [0, 0.1) is 0 Å². The molecule has 1 unspecified atom stereocenters. The fourth-order valence-corrected chi connectivity index (χ4v) is 2.10. The van der Waals surface area contributed by atoms with Gasteiger partial charge in [-0.25, -0.2) is 0 Å². The van der Waals surface area contributed by atoms with Crippen molar-refractivity contribution in [3.63, 3.8) is 0 Å². The van der Waals surface area contributed by atoms with E-state index in [1.54, 1.807) is 6.20 Å². The van der Waals surface area contributed by atoms with E-state index in [1.165, 1.54) is 0 Å². The lowest BCUT2D eigenvalue weighted by Gasteiger charge is -2.13. The SMILES string of the molecule is CCCNC(CC)Cc1nc(-c2ccc(Br)cn2)no1. The number of halogens is 1. The summed E-state index contributed by atoms with van der Waals surface area (Å²) in [5.74, 6) is 1.19. The minimum atomic E-state index is 0.376. The molecule has 0 aliphatic heterocycles. The highest BCUT2D eigenvalue weighted by Gasteiger charge is 2.14. The smallest absolute Gasteiger partial charge is 0.228 e. The Morgan fingerprint density at radius 1 is 1.35 bits per heavy atom.